The van der Waals surface area contributed by atoms with E-state index in [-0.39, 0.29) is 23.5 Å². The van der Waals surface area contributed by atoms with Gasteiger partial charge >= 0.3 is 0 Å². The molecule has 3 aromatic rings. The fourth-order valence-electron chi connectivity index (χ4n) is 2.88. The Labute approximate surface area is 185 Å². The Morgan fingerprint density at radius 1 is 1.16 bits per heavy atom. The van der Waals surface area contributed by atoms with Gasteiger partial charge < -0.3 is 10.1 Å². The number of Topliss-reactive ketones (excluding diaryl/α,β-unsaturated/α-hetero) is 1. The van der Waals surface area contributed by atoms with Crippen LogP contribution >= 0.6 is 11.8 Å². The maximum absolute atomic E-state index is 12.4. The van der Waals surface area contributed by atoms with Crippen molar-refractivity contribution >= 4 is 29.1 Å². The van der Waals surface area contributed by atoms with Crippen molar-refractivity contribution in [3.63, 3.8) is 0 Å². The van der Waals surface area contributed by atoms with Crippen molar-refractivity contribution in [1.82, 2.24) is 14.8 Å². The minimum atomic E-state index is -0.321. The Hall–Kier alpha value is -3.39. The predicted molar refractivity (Wildman–Crippen MR) is 122 cm³/mol. The molecule has 8 heteroatoms. The molecule has 0 fully saturated rings. The van der Waals surface area contributed by atoms with Crippen LogP contribution in [0.4, 0.5) is 5.69 Å². The normalized spacial score (nSPS) is 11.5. The second-order valence-corrected chi connectivity index (χ2v) is 7.73. The third-order valence-electron chi connectivity index (χ3n) is 4.38. The summed E-state index contributed by atoms with van der Waals surface area (Å²) in [6, 6.07) is 16.3. The molecule has 0 aliphatic rings. The lowest BCUT2D eigenvalue weighted by Gasteiger charge is -2.15. The van der Waals surface area contributed by atoms with E-state index in [1.165, 1.54) is 18.7 Å². The van der Waals surface area contributed by atoms with Crippen LogP contribution in [0.1, 0.15) is 36.1 Å². The third kappa shape index (κ3) is 6.05. The summed E-state index contributed by atoms with van der Waals surface area (Å²) in [6.45, 7) is 7.71. The fourth-order valence-corrected chi connectivity index (χ4v) is 3.63. The monoisotopic (exact) mass is 436 g/mol. The minimum Gasteiger partial charge on any atom is -0.483 e. The summed E-state index contributed by atoms with van der Waals surface area (Å²) < 4.78 is 7.85. The van der Waals surface area contributed by atoms with Gasteiger partial charge in [0.05, 0.1) is 5.75 Å². The van der Waals surface area contributed by atoms with Crippen LogP contribution in [0.5, 0.6) is 5.75 Å². The average molecular weight is 437 g/mol. The summed E-state index contributed by atoms with van der Waals surface area (Å²) in [5.74, 6) is 1.37. The smallest absolute Gasteiger partial charge is 0.234 e. The summed E-state index contributed by atoms with van der Waals surface area (Å²) in [6.07, 6.45) is 1.43. The van der Waals surface area contributed by atoms with Gasteiger partial charge in [-0.05, 0) is 50.2 Å². The van der Waals surface area contributed by atoms with Gasteiger partial charge in [0, 0.05) is 17.8 Å². The van der Waals surface area contributed by atoms with Crippen LogP contribution in [0.3, 0.4) is 0 Å². The Bertz CT molecular complexity index is 1050. The molecule has 0 saturated heterocycles. The molecule has 1 aromatic heterocycles. The summed E-state index contributed by atoms with van der Waals surface area (Å²) in [4.78, 5) is 23.7. The molecule has 0 radical (unpaired) electrons. The minimum absolute atomic E-state index is 0.0173. The molecule has 1 amide bonds. The SMILES string of the molecule is C=CCn1c(SCC(=O)Nc2ccc(C(C)=O)cc2)nnc1C(C)Oc1ccccc1. The molecule has 0 aliphatic carbocycles. The maximum atomic E-state index is 12.4. The quantitative estimate of drug-likeness (QED) is 0.285. The molecule has 0 spiro atoms. The standard InChI is InChI=1S/C23H24N4O3S/c1-4-14-27-22(17(3)30-20-8-6-5-7-9-20)25-26-23(27)31-15-21(29)24-19-12-10-18(11-13-19)16(2)28/h4-13,17H,1,14-15H2,2-3H3,(H,24,29). The molecular formula is C23H24N4O3S. The molecule has 3 rings (SSSR count). The van der Waals surface area contributed by atoms with Crippen molar-refractivity contribution in [2.45, 2.75) is 31.7 Å². The van der Waals surface area contributed by atoms with Crippen molar-refractivity contribution in [3.05, 3.63) is 78.6 Å². The molecule has 0 saturated carbocycles. The molecule has 160 valence electrons. The van der Waals surface area contributed by atoms with E-state index < -0.39 is 0 Å². The van der Waals surface area contributed by atoms with Crippen LogP contribution in [0.2, 0.25) is 0 Å². The number of nitrogens with zero attached hydrogens (tertiary/aromatic N) is 3. The number of benzene rings is 2. The average Bonchev–Trinajstić information content (AvgIpc) is 3.16. The highest BCUT2D eigenvalue weighted by atomic mass is 32.2. The zero-order valence-electron chi connectivity index (χ0n) is 17.4. The highest BCUT2D eigenvalue weighted by molar-refractivity contribution is 7.99. The number of ketones is 1. The Morgan fingerprint density at radius 3 is 2.52 bits per heavy atom. The van der Waals surface area contributed by atoms with Crippen molar-refractivity contribution in [2.24, 2.45) is 0 Å². The molecule has 1 heterocycles. The number of aromatic nitrogens is 3. The molecule has 2 aromatic carbocycles. The van der Waals surface area contributed by atoms with Gasteiger partial charge in [-0.15, -0.1) is 16.8 Å². The second-order valence-electron chi connectivity index (χ2n) is 6.78. The number of anilines is 1. The number of amides is 1. The molecule has 1 unspecified atom stereocenters. The number of para-hydroxylation sites is 1. The Morgan fingerprint density at radius 2 is 1.87 bits per heavy atom. The van der Waals surface area contributed by atoms with E-state index in [0.717, 1.165) is 5.75 Å². The van der Waals surface area contributed by atoms with Crippen molar-refractivity contribution < 1.29 is 14.3 Å². The number of hydrogen-bond donors (Lipinski definition) is 1. The first-order valence-corrected chi connectivity index (χ1v) is 10.8. The van der Waals surface area contributed by atoms with E-state index in [9.17, 15) is 9.59 Å². The molecular weight excluding hydrogens is 412 g/mol. The number of allylic oxidation sites excluding steroid dienone is 1. The summed E-state index contributed by atoms with van der Waals surface area (Å²) in [5, 5.41) is 11.9. The lowest BCUT2D eigenvalue weighted by molar-refractivity contribution is -0.113. The Kier molecular flexibility index (Phi) is 7.61. The van der Waals surface area contributed by atoms with Crippen LogP contribution in [0.15, 0.2) is 72.4 Å². The highest BCUT2D eigenvalue weighted by Gasteiger charge is 2.19. The van der Waals surface area contributed by atoms with E-state index in [0.29, 0.717) is 28.8 Å². The van der Waals surface area contributed by atoms with E-state index >= 15 is 0 Å². The lowest BCUT2D eigenvalue weighted by atomic mass is 10.1. The van der Waals surface area contributed by atoms with Gasteiger partial charge in [-0.3, -0.25) is 14.2 Å². The van der Waals surface area contributed by atoms with Gasteiger partial charge in [0.25, 0.3) is 0 Å². The van der Waals surface area contributed by atoms with Gasteiger partial charge in [0.2, 0.25) is 5.91 Å². The number of carbonyl (C=O) groups is 2. The van der Waals surface area contributed by atoms with Gasteiger partial charge in [-0.1, -0.05) is 36.0 Å². The van der Waals surface area contributed by atoms with Crippen LogP contribution in [-0.2, 0) is 11.3 Å². The van der Waals surface area contributed by atoms with Crippen LogP contribution < -0.4 is 10.1 Å². The Balaban J connectivity index is 1.63. The summed E-state index contributed by atoms with van der Waals surface area (Å²) in [5.41, 5.74) is 1.23. The van der Waals surface area contributed by atoms with Crippen molar-refractivity contribution in [1.29, 1.82) is 0 Å². The van der Waals surface area contributed by atoms with Gasteiger partial charge in [0.15, 0.2) is 22.9 Å². The van der Waals surface area contributed by atoms with Crippen molar-refractivity contribution in [3.8, 4) is 5.75 Å². The number of thioether (sulfide) groups is 1. The van der Waals surface area contributed by atoms with Crippen molar-refractivity contribution in [2.75, 3.05) is 11.1 Å². The topological polar surface area (TPSA) is 86.1 Å². The first kappa shape index (κ1) is 22.3. The second kappa shape index (κ2) is 10.6. The molecule has 0 bridgehead atoms. The molecule has 0 aliphatic heterocycles. The zero-order valence-corrected chi connectivity index (χ0v) is 18.3. The summed E-state index contributed by atoms with van der Waals surface area (Å²) in [7, 11) is 0. The number of carbonyl (C=O) groups excluding carboxylic acids is 2. The van der Waals surface area contributed by atoms with Crippen LogP contribution in [0.25, 0.3) is 0 Å². The van der Waals surface area contributed by atoms with E-state index in [1.807, 2.05) is 41.8 Å². The van der Waals surface area contributed by atoms with E-state index in [2.05, 4.69) is 22.1 Å². The lowest BCUT2D eigenvalue weighted by Crippen LogP contribution is -2.15. The van der Waals surface area contributed by atoms with Gasteiger partial charge in [-0.2, -0.15) is 0 Å². The molecule has 31 heavy (non-hydrogen) atoms. The van der Waals surface area contributed by atoms with Gasteiger partial charge in [-0.25, -0.2) is 0 Å². The third-order valence-corrected chi connectivity index (χ3v) is 5.35. The number of hydrogen-bond acceptors (Lipinski definition) is 6. The predicted octanol–water partition coefficient (Wildman–Crippen LogP) is 4.54. The number of nitrogens with one attached hydrogen (secondary N) is 1. The van der Waals surface area contributed by atoms with E-state index in [4.69, 9.17) is 4.74 Å². The first-order valence-electron chi connectivity index (χ1n) is 9.77. The molecule has 1 atom stereocenters. The first-order chi connectivity index (χ1) is 15.0. The summed E-state index contributed by atoms with van der Waals surface area (Å²) >= 11 is 1.29. The molecule has 1 N–H and O–H groups in total. The maximum Gasteiger partial charge on any atom is 0.234 e. The largest absolute Gasteiger partial charge is 0.483 e. The van der Waals surface area contributed by atoms with Crippen LogP contribution in [0, 0.1) is 0 Å². The molecule has 7 nitrogen and oxygen atoms in total. The van der Waals surface area contributed by atoms with Gasteiger partial charge in [0.1, 0.15) is 5.75 Å². The van der Waals surface area contributed by atoms with Crippen LogP contribution in [-0.4, -0.2) is 32.2 Å². The highest BCUT2D eigenvalue weighted by Crippen LogP contribution is 2.24. The number of ether oxygens (including phenoxy) is 1. The zero-order chi connectivity index (χ0) is 22.2. The fraction of sp³-hybridized carbons (Fsp3) is 0.217. The number of rotatable bonds is 10. The van der Waals surface area contributed by atoms with E-state index in [1.54, 1.807) is 30.3 Å².